The molecule has 0 spiro atoms. The third-order valence-electron chi connectivity index (χ3n) is 3.86. The minimum absolute atomic E-state index is 0.118. The number of nitrogens with zero attached hydrogens (tertiary/aromatic N) is 1. The van der Waals surface area contributed by atoms with Crippen LogP contribution in [-0.2, 0) is 0 Å². The molecule has 1 aromatic carbocycles. The fourth-order valence-electron chi connectivity index (χ4n) is 2.36. The standard InChI is InChI=1S/C19H32N4O2/c1-3-4-5-6-7-8-13-22-19(20)23-15-14-21-18(24)16-9-11-17(25-2)12-10-16/h9-12H,3-8,13-15H2,1-2H3,(H,21,24)(H3,20,22,23). The number of ether oxygens (including phenoxy) is 1. The first-order chi connectivity index (χ1) is 12.2. The quantitative estimate of drug-likeness (QED) is 0.308. The van der Waals surface area contributed by atoms with Gasteiger partial charge < -0.3 is 21.1 Å². The first kappa shape index (κ1) is 20.8. The van der Waals surface area contributed by atoms with Crippen LogP contribution < -0.4 is 21.1 Å². The van der Waals surface area contributed by atoms with E-state index in [1.807, 2.05) is 0 Å². The van der Waals surface area contributed by atoms with Crippen molar-refractivity contribution < 1.29 is 9.53 Å². The van der Waals surface area contributed by atoms with Crippen LogP contribution >= 0.6 is 0 Å². The highest BCUT2D eigenvalue weighted by Crippen LogP contribution is 2.10. The molecule has 0 atom stereocenters. The summed E-state index contributed by atoms with van der Waals surface area (Å²) in [5.74, 6) is 1.05. The number of rotatable bonds is 12. The molecule has 0 saturated heterocycles. The molecular weight excluding hydrogens is 316 g/mol. The lowest BCUT2D eigenvalue weighted by Crippen LogP contribution is -2.38. The van der Waals surface area contributed by atoms with Gasteiger partial charge in [0.15, 0.2) is 5.96 Å². The third kappa shape index (κ3) is 9.59. The van der Waals surface area contributed by atoms with Gasteiger partial charge in [0.05, 0.1) is 7.11 Å². The molecule has 1 rings (SSSR count). The Balaban J connectivity index is 2.10. The molecule has 25 heavy (non-hydrogen) atoms. The topological polar surface area (TPSA) is 88.7 Å². The number of unbranched alkanes of at least 4 members (excludes halogenated alkanes) is 5. The Morgan fingerprint density at radius 3 is 2.36 bits per heavy atom. The van der Waals surface area contributed by atoms with Crippen molar-refractivity contribution in [3.8, 4) is 5.75 Å². The van der Waals surface area contributed by atoms with E-state index in [2.05, 4.69) is 22.5 Å². The SMILES string of the molecule is CCCCCCCCN=C(N)NCCNC(=O)c1ccc(OC)cc1. The number of benzene rings is 1. The van der Waals surface area contributed by atoms with Crippen molar-refractivity contribution in [2.24, 2.45) is 10.7 Å². The van der Waals surface area contributed by atoms with Crippen LogP contribution in [-0.4, -0.2) is 38.6 Å². The maximum absolute atomic E-state index is 12.0. The lowest BCUT2D eigenvalue weighted by atomic mass is 10.1. The van der Waals surface area contributed by atoms with Gasteiger partial charge in [-0.1, -0.05) is 39.0 Å². The van der Waals surface area contributed by atoms with Crippen molar-refractivity contribution in [1.29, 1.82) is 0 Å². The van der Waals surface area contributed by atoms with Crippen LogP contribution in [0, 0.1) is 0 Å². The van der Waals surface area contributed by atoms with E-state index in [1.54, 1.807) is 31.4 Å². The van der Waals surface area contributed by atoms with E-state index in [4.69, 9.17) is 10.5 Å². The molecule has 6 nitrogen and oxygen atoms in total. The van der Waals surface area contributed by atoms with E-state index in [0.717, 1.165) is 18.7 Å². The van der Waals surface area contributed by atoms with Gasteiger partial charge in [0.1, 0.15) is 5.75 Å². The van der Waals surface area contributed by atoms with E-state index < -0.39 is 0 Å². The van der Waals surface area contributed by atoms with Gasteiger partial charge in [0, 0.05) is 25.2 Å². The number of guanidine groups is 1. The highest BCUT2D eigenvalue weighted by Gasteiger charge is 2.04. The molecule has 0 bridgehead atoms. The summed E-state index contributed by atoms with van der Waals surface area (Å²) < 4.78 is 5.07. The van der Waals surface area contributed by atoms with E-state index in [9.17, 15) is 4.79 Å². The molecular formula is C19H32N4O2. The van der Waals surface area contributed by atoms with Crippen LogP contribution in [0.25, 0.3) is 0 Å². The minimum Gasteiger partial charge on any atom is -0.497 e. The molecule has 0 saturated carbocycles. The number of amides is 1. The van der Waals surface area contributed by atoms with Crippen LogP contribution in [0.1, 0.15) is 55.8 Å². The lowest BCUT2D eigenvalue weighted by molar-refractivity contribution is 0.0954. The normalized spacial score (nSPS) is 11.2. The Morgan fingerprint density at radius 1 is 1.04 bits per heavy atom. The van der Waals surface area contributed by atoms with Crippen LogP contribution in [0.15, 0.2) is 29.3 Å². The Morgan fingerprint density at radius 2 is 1.68 bits per heavy atom. The zero-order valence-corrected chi connectivity index (χ0v) is 15.5. The minimum atomic E-state index is -0.118. The zero-order chi connectivity index (χ0) is 18.3. The average Bonchev–Trinajstić information content (AvgIpc) is 2.64. The summed E-state index contributed by atoms with van der Waals surface area (Å²) in [6, 6.07) is 7.00. The van der Waals surface area contributed by atoms with Gasteiger partial charge in [-0.3, -0.25) is 9.79 Å². The summed E-state index contributed by atoms with van der Waals surface area (Å²) in [6.07, 6.45) is 7.43. The third-order valence-corrected chi connectivity index (χ3v) is 3.86. The zero-order valence-electron chi connectivity index (χ0n) is 15.5. The largest absolute Gasteiger partial charge is 0.497 e. The second-order valence-electron chi connectivity index (χ2n) is 5.95. The Bertz CT molecular complexity index is 515. The number of hydrogen-bond donors (Lipinski definition) is 3. The molecule has 0 heterocycles. The summed E-state index contributed by atoms with van der Waals surface area (Å²) in [5, 5.41) is 5.85. The molecule has 4 N–H and O–H groups in total. The Hall–Kier alpha value is -2.24. The van der Waals surface area contributed by atoms with Crippen molar-refractivity contribution in [1.82, 2.24) is 10.6 Å². The molecule has 0 aliphatic carbocycles. The van der Waals surface area contributed by atoms with Crippen molar-refractivity contribution in [3.05, 3.63) is 29.8 Å². The van der Waals surface area contributed by atoms with Gasteiger partial charge in [-0.25, -0.2) is 0 Å². The maximum atomic E-state index is 12.0. The summed E-state index contributed by atoms with van der Waals surface area (Å²) in [6.45, 7) is 4.01. The molecule has 0 radical (unpaired) electrons. The molecule has 6 heteroatoms. The van der Waals surface area contributed by atoms with Gasteiger partial charge in [-0.15, -0.1) is 0 Å². The second-order valence-corrected chi connectivity index (χ2v) is 5.95. The molecule has 0 aliphatic rings. The van der Waals surface area contributed by atoms with Crippen molar-refractivity contribution in [2.45, 2.75) is 45.4 Å². The van der Waals surface area contributed by atoms with Gasteiger partial charge in [0.2, 0.25) is 0 Å². The first-order valence-electron chi connectivity index (χ1n) is 9.13. The Kier molecular flexibility index (Phi) is 10.9. The predicted molar refractivity (Wildman–Crippen MR) is 103 cm³/mol. The summed E-state index contributed by atoms with van der Waals surface area (Å²) >= 11 is 0. The number of carbonyl (C=O) groups is 1. The van der Waals surface area contributed by atoms with Crippen LogP contribution in [0.5, 0.6) is 5.75 Å². The highest BCUT2D eigenvalue weighted by molar-refractivity contribution is 5.94. The van der Waals surface area contributed by atoms with E-state index >= 15 is 0 Å². The number of methoxy groups -OCH3 is 1. The Labute approximate surface area is 151 Å². The summed E-state index contributed by atoms with van der Waals surface area (Å²) in [7, 11) is 1.60. The van der Waals surface area contributed by atoms with Crippen LogP contribution in [0.2, 0.25) is 0 Å². The van der Waals surface area contributed by atoms with Crippen molar-refractivity contribution >= 4 is 11.9 Å². The number of carbonyl (C=O) groups excluding carboxylic acids is 1. The van der Waals surface area contributed by atoms with Gasteiger partial charge in [0.25, 0.3) is 5.91 Å². The molecule has 0 aliphatic heterocycles. The molecule has 140 valence electrons. The van der Waals surface area contributed by atoms with Gasteiger partial charge >= 0.3 is 0 Å². The van der Waals surface area contributed by atoms with Gasteiger partial charge in [-0.2, -0.15) is 0 Å². The maximum Gasteiger partial charge on any atom is 0.251 e. The molecule has 0 unspecified atom stereocenters. The number of nitrogens with two attached hydrogens (primary N) is 1. The number of hydrogen-bond acceptors (Lipinski definition) is 3. The van der Waals surface area contributed by atoms with E-state index in [-0.39, 0.29) is 5.91 Å². The average molecular weight is 348 g/mol. The molecule has 1 aromatic rings. The highest BCUT2D eigenvalue weighted by atomic mass is 16.5. The smallest absolute Gasteiger partial charge is 0.251 e. The molecule has 0 aromatic heterocycles. The fourth-order valence-corrected chi connectivity index (χ4v) is 2.36. The molecule has 1 amide bonds. The summed E-state index contributed by atoms with van der Waals surface area (Å²) in [5.41, 5.74) is 6.41. The second kappa shape index (κ2) is 13.1. The lowest BCUT2D eigenvalue weighted by Gasteiger charge is -2.08. The number of aliphatic imine (C=N–C) groups is 1. The predicted octanol–water partition coefficient (Wildman–Crippen LogP) is 2.69. The van der Waals surface area contributed by atoms with Crippen molar-refractivity contribution in [3.63, 3.8) is 0 Å². The van der Waals surface area contributed by atoms with Crippen molar-refractivity contribution in [2.75, 3.05) is 26.7 Å². The van der Waals surface area contributed by atoms with Crippen LogP contribution in [0.3, 0.4) is 0 Å². The van der Waals surface area contributed by atoms with Crippen LogP contribution in [0.4, 0.5) is 0 Å². The van der Waals surface area contributed by atoms with E-state index in [1.165, 1.54) is 32.1 Å². The van der Waals surface area contributed by atoms with Gasteiger partial charge in [-0.05, 0) is 30.7 Å². The monoisotopic (exact) mass is 348 g/mol. The molecule has 0 fully saturated rings. The first-order valence-corrected chi connectivity index (χ1v) is 9.13. The fraction of sp³-hybridized carbons (Fsp3) is 0.579. The number of nitrogens with one attached hydrogen (secondary N) is 2. The summed E-state index contributed by atoms with van der Waals surface area (Å²) in [4.78, 5) is 16.3. The van der Waals surface area contributed by atoms with E-state index in [0.29, 0.717) is 24.6 Å².